The van der Waals surface area contributed by atoms with Crippen LogP contribution in [-0.4, -0.2) is 102 Å². The van der Waals surface area contributed by atoms with Crippen LogP contribution in [0.15, 0.2) is 36.4 Å². The molecule has 2 fully saturated rings. The van der Waals surface area contributed by atoms with Crippen LogP contribution in [0, 0.1) is 0 Å². The Bertz CT molecular complexity index is 1280. The van der Waals surface area contributed by atoms with Crippen LogP contribution in [0.5, 0.6) is 11.5 Å². The van der Waals surface area contributed by atoms with Crippen molar-refractivity contribution >= 4 is 40.8 Å². The number of halogens is 7. The quantitative estimate of drug-likeness (QED) is 0.250. The summed E-state index contributed by atoms with van der Waals surface area (Å²) in [5, 5.41) is 31.3. The van der Waals surface area contributed by atoms with Crippen molar-refractivity contribution in [2.75, 3.05) is 44.3 Å². The Kier molecular flexibility index (Phi) is 13.3. The number of hydrogen-bond donors (Lipinski definition) is 4. The molecule has 2 aliphatic rings. The number of alkyl halides is 5. The molecule has 10 nitrogen and oxygen atoms in total. The molecule has 2 saturated heterocycles. The largest absolute Gasteiger partial charge is 0.490 e. The number of ether oxygens (including phenoxy) is 2. The van der Waals surface area contributed by atoms with Crippen molar-refractivity contribution in [3.05, 3.63) is 52.0 Å². The zero-order valence-electron chi connectivity index (χ0n) is 23.7. The van der Waals surface area contributed by atoms with Crippen molar-refractivity contribution in [2.24, 2.45) is 0 Å². The van der Waals surface area contributed by atoms with Gasteiger partial charge in [-0.25, -0.2) is 18.4 Å². The Morgan fingerprint density at radius 2 is 1.62 bits per heavy atom. The van der Waals surface area contributed by atoms with Gasteiger partial charge in [-0.1, -0.05) is 35.3 Å². The Morgan fingerprint density at radius 3 is 2.18 bits per heavy atom. The highest BCUT2D eigenvalue weighted by Crippen LogP contribution is 2.40. The van der Waals surface area contributed by atoms with Crippen molar-refractivity contribution in [1.82, 2.24) is 10.2 Å². The first-order valence-electron chi connectivity index (χ1n) is 13.7. The van der Waals surface area contributed by atoms with Crippen molar-refractivity contribution in [1.29, 1.82) is 0 Å². The molecule has 0 radical (unpaired) electrons. The predicted octanol–water partition coefficient (Wildman–Crippen LogP) is 4.54. The predicted molar refractivity (Wildman–Crippen MR) is 155 cm³/mol. The highest BCUT2D eigenvalue weighted by atomic mass is 35.5. The number of piperidine rings is 1. The van der Waals surface area contributed by atoms with Crippen LogP contribution < -0.4 is 19.7 Å². The van der Waals surface area contributed by atoms with Crippen LogP contribution in [0.4, 0.5) is 27.6 Å². The van der Waals surface area contributed by atoms with E-state index in [4.69, 9.17) is 47.7 Å². The molecule has 2 heterocycles. The van der Waals surface area contributed by atoms with E-state index in [9.17, 15) is 31.9 Å². The summed E-state index contributed by atoms with van der Waals surface area (Å²) in [4.78, 5) is 24.2. The number of carboxylic acid groups (broad SMARTS) is 2. The fraction of sp³-hybridized carbons (Fsp3) is 0.500. The number of aliphatic hydroxyl groups excluding tert-OH is 1. The van der Waals surface area contributed by atoms with Gasteiger partial charge < -0.3 is 35.0 Å². The van der Waals surface area contributed by atoms with Crippen molar-refractivity contribution < 1.29 is 56.3 Å². The second-order valence-electron chi connectivity index (χ2n) is 10.4. The summed E-state index contributed by atoms with van der Waals surface area (Å²) in [6.07, 6.45) is -6.61. The number of nitrogens with zero attached hydrogens (tertiary/aromatic N) is 2. The SMILES string of the molecule is O=C(O)C(F)(F)F.O=C(O)COc1cc(Cl)c(OCC(F)F)cc1N1C[C@@H](O)[C@H](NC2CCN(Cc3ccc(Cl)cc3)CC2)C1. The lowest BCUT2D eigenvalue weighted by Crippen LogP contribution is -2.49. The maximum atomic E-state index is 12.7. The van der Waals surface area contributed by atoms with E-state index >= 15 is 0 Å². The number of hydrogen-bond acceptors (Lipinski definition) is 8. The topological polar surface area (TPSA) is 132 Å². The highest BCUT2D eigenvalue weighted by molar-refractivity contribution is 6.32. The lowest BCUT2D eigenvalue weighted by Gasteiger charge is -2.34. The molecule has 0 aliphatic carbocycles. The summed E-state index contributed by atoms with van der Waals surface area (Å²) in [5.41, 5.74) is 1.63. The molecule has 4 rings (SSSR count). The molecule has 250 valence electrons. The minimum Gasteiger partial charge on any atom is -0.486 e. The van der Waals surface area contributed by atoms with E-state index in [0.717, 1.165) is 37.5 Å². The van der Waals surface area contributed by atoms with Crippen LogP contribution in [0.25, 0.3) is 0 Å². The van der Waals surface area contributed by atoms with Crippen LogP contribution in [-0.2, 0) is 16.1 Å². The summed E-state index contributed by atoms with van der Waals surface area (Å²) < 4.78 is 67.7. The summed E-state index contributed by atoms with van der Waals surface area (Å²) in [5.74, 6) is -3.73. The molecule has 2 aromatic carbocycles. The first-order valence-corrected chi connectivity index (χ1v) is 14.4. The first-order chi connectivity index (χ1) is 21.1. The van der Waals surface area contributed by atoms with Gasteiger partial charge in [-0.15, -0.1) is 0 Å². The number of likely N-dealkylation sites (tertiary alicyclic amines) is 1. The molecule has 45 heavy (non-hydrogen) atoms. The lowest BCUT2D eigenvalue weighted by atomic mass is 10.0. The third kappa shape index (κ3) is 11.6. The van der Waals surface area contributed by atoms with E-state index in [0.29, 0.717) is 12.2 Å². The second-order valence-corrected chi connectivity index (χ2v) is 11.2. The maximum absolute atomic E-state index is 12.7. The van der Waals surface area contributed by atoms with Gasteiger partial charge in [-0.3, -0.25) is 4.90 Å². The Labute approximate surface area is 265 Å². The van der Waals surface area contributed by atoms with Crippen LogP contribution in [0.1, 0.15) is 18.4 Å². The van der Waals surface area contributed by atoms with E-state index in [1.165, 1.54) is 17.7 Å². The number of carbonyl (C=O) groups is 2. The van der Waals surface area contributed by atoms with Gasteiger partial charge >= 0.3 is 18.1 Å². The van der Waals surface area contributed by atoms with E-state index in [-0.39, 0.29) is 35.2 Å². The van der Waals surface area contributed by atoms with Gasteiger partial charge in [-0.2, -0.15) is 13.2 Å². The monoisotopic (exact) mass is 687 g/mol. The molecule has 2 atom stereocenters. The molecule has 2 aliphatic heterocycles. The fourth-order valence-corrected chi connectivity index (χ4v) is 5.18. The Morgan fingerprint density at radius 1 is 1.00 bits per heavy atom. The average Bonchev–Trinajstić information content (AvgIpc) is 3.32. The van der Waals surface area contributed by atoms with Crippen LogP contribution in [0.3, 0.4) is 0 Å². The van der Waals surface area contributed by atoms with Crippen LogP contribution in [0.2, 0.25) is 10.0 Å². The molecular formula is C28H32Cl2F5N3O7. The number of carboxylic acids is 2. The van der Waals surface area contributed by atoms with Gasteiger partial charge in [0.2, 0.25) is 0 Å². The molecule has 0 amide bonds. The Balaban J connectivity index is 0.000000707. The zero-order valence-corrected chi connectivity index (χ0v) is 25.2. The minimum absolute atomic E-state index is 0.0227. The van der Waals surface area contributed by atoms with Gasteiger partial charge in [-0.05, 0) is 43.6 Å². The molecule has 0 saturated carbocycles. The lowest BCUT2D eigenvalue weighted by molar-refractivity contribution is -0.192. The fourth-order valence-electron chi connectivity index (χ4n) is 4.85. The van der Waals surface area contributed by atoms with E-state index in [1.807, 2.05) is 29.2 Å². The summed E-state index contributed by atoms with van der Waals surface area (Å²) in [7, 11) is 0. The summed E-state index contributed by atoms with van der Waals surface area (Å²) >= 11 is 12.2. The standard InChI is InChI=1S/C26H31Cl2F2N3O5.C2HF3O2/c27-17-3-1-16(2-4-17)11-32-7-5-18(6-8-32)31-20-12-33(13-22(20)34)21-10-23(37-14-25(29)30)19(28)9-24(21)38-15-26(35)36;3-2(4,5)1(6)7/h1-4,9-10,18,20,22,25,31,34H,5-8,11-15H2,(H,35,36);(H,6,7)/t20-,22-;/m1./s1. The molecule has 17 heteroatoms. The van der Waals surface area contributed by atoms with Gasteiger partial charge in [0.1, 0.15) is 18.1 Å². The third-order valence-corrected chi connectivity index (χ3v) is 7.51. The number of rotatable bonds is 11. The molecule has 0 aromatic heterocycles. The van der Waals surface area contributed by atoms with Crippen LogP contribution >= 0.6 is 23.2 Å². The number of aliphatic carboxylic acids is 2. The van der Waals surface area contributed by atoms with Crippen molar-refractivity contribution in [3.8, 4) is 11.5 Å². The van der Waals surface area contributed by atoms with Gasteiger partial charge in [0, 0.05) is 42.8 Å². The van der Waals surface area contributed by atoms with Gasteiger partial charge in [0.05, 0.1) is 22.9 Å². The minimum atomic E-state index is -5.08. The van der Waals surface area contributed by atoms with Crippen molar-refractivity contribution in [2.45, 2.75) is 50.2 Å². The van der Waals surface area contributed by atoms with E-state index in [2.05, 4.69) is 10.2 Å². The number of nitrogens with one attached hydrogen (secondary N) is 1. The maximum Gasteiger partial charge on any atom is 0.490 e. The number of β-amino-alcohol motifs (C(OH)–C–C–N with tert-alkyl or cyclic N) is 1. The number of aliphatic hydroxyl groups is 1. The highest BCUT2D eigenvalue weighted by Gasteiger charge is 2.38. The summed E-state index contributed by atoms with van der Waals surface area (Å²) in [6.45, 7) is 1.91. The molecule has 4 N–H and O–H groups in total. The number of benzene rings is 2. The first kappa shape index (κ1) is 36.4. The van der Waals surface area contributed by atoms with Gasteiger partial charge in [0.15, 0.2) is 6.61 Å². The zero-order chi connectivity index (χ0) is 33.3. The molecule has 0 unspecified atom stereocenters. The smallest absolute Gasteiger partial charge is 0.486 e. The normalized spacial score (nSPS) is 19.3. The third-order valence-electron chi connectivity index (χ3n) is 6.96. The summed E-state index contributed by atoms with van der Waals surface area (Å²) in [6, 6.07) is 10.6. The second kappa shape index (κ2) is 16.5. The molecular weight excluding hydrogens is 656 g/mol. The van der Waals surface area contributed by atoms with Crippen molar-refractivity contribution in [3.63, 3.8) is 0 Å². The molecule has 0 bridgehead atoms. The molecule has 2 aromatic rings. The van der Waals surface area contributed by atoms with Gasteiger partial charge in [0.25, 0.3) is 6.43 Å². The Hall–Kier alpha value is -3.11. The number of anilines is 1. The van der Waals surface area contributed by atoms with E-state index < -0.39 is 43.9 Å². The van der Waals surface area contributed by atoms with E-state index in [1.54, 1.807) is 0 Å². The molecule has 0 spiro atoms. The average molecular weight is 688 g/mol.